The first-order valence-electron chi connectivity index (χ1n) is 5.82. The second-order valence-electron chi connectivity index (χ2n) is 4.26. The maximum absolute atomic E-state index is 13.5. The minimum Gasteiger partial charge on any atom is -0.337 e. The number of nitrogens with zero attached hydrogens (tertiary/aromatic N) is 1. The zero-order valence-electron chi connectivity index (χ0n) is 10.4. The van der Waals surface area contributed by atoms with Crippen LogP contribution in [0.1, 0.15) is 15.9 Å². The van der Waals surface area contributed by atoms with Crippen LogP contribution in [0.5, 0.6) is 0 Å². The Balaban J connectivity index is 2.14. The van der Waals surface area contributed by atoms with Crippen LogP contribution in [0.15, 0.2) is 48.5 Å². The summed E-state index contributed by atoms with van der Waals surface area (Å²) in [5.41, 5.74) is 0.675. The van der Waals surface area contributed by atoms with Crippen molar-refractivity contribution in [3.63, 3.8) is 0 Å². The molecule has 2 nitrogen and oxygen atoms in total. The molecule has 0 bridgehead atoms. The van der Waals surface area contributed by atoms with E-state index in [1.807, 2.05) is 0 Å². The molecule has 0 saturated carbocycles. The summed E-state index contributed by atoms with van der Waals surface area (Å²) in [6, 6.07) is 11.7. The van der Waals surface area contributed by atoms with Crippen molar-refractivity contribution in [2.24, 2.45) is 0 Å². The number of carbonyl (C=O) groups is 1. The molecule has 0 saturated heterocycles. The van der Waals surface area contributed by atoms with Crippen LogP contribution in [0.2, 0.25) is 0 Å². The third kappa shape index (κ3) is 3.16. The Bertz CT molecular complexity index is 598. The molecule has 19 heavy (non-hydrogen) atoms. The standard InChI is InChI=1S/C15H13F2NO/c1-18(10-12-5-2-3-8-14(12)17)15(19)11-6-4-7-13(16)9-11/h2-9H,10H2,1H3. The molecule has 0 spiro atoms. The molecular weight excluding hydrogens is 248 g/mol. The van der Waals surface area contributed by atoms with Crippen LogP contribution in [0.4, 0.5) is 8.78 Å². The molecule has 2 rings (SSSR count). The average Bonchev–Trinajstić information content (AvgIpc) is 2.40. The lowest BCUT2D eigenvalue weighted by molar-refractivity contribution is 0.0783. The van der Waals surface area contributed by atoms with E-state index in [4.69, 9.17) is 0 Å². The Kier molecular flexibility index (Phi) is 3.90. The maximum atomic E-state index is 13.5. The molecular formula is C15H13F2NO. The van der Waals surface area contributed by atoms with E-state index in [1.54, 1.807) is 25.2 Å². The monoisotopic (exact) mass is 261 g/mol. The zero-order chi connectivity index (χ0) is 13.8. The van der Waals surface area contributed by atoms with Crippen LogP contribution in [0, 0.1) is 11.6 Å². The molecule has 0 aliphatic heterocycles. The van der Waals surface area contributed by atoms with Crippen LogP contribution in [0.3, 0.4) is 0 Å². The second-order valence-corrected chi connectivity index (χ2v) is 4.26. The van der Waals surface area contributed by atoms with Gasteiger partial charge in [0.25, 0.3) is 5.91 Å². The molecule has 98 valence electrons. The van der Waals surface area contributed by atoms with Crippen LogP contribution >= 0.6 is 0 Å². The van der Waals surface area contributed by atoms with Gasteiger partial charge in [-0.15, -0.1) is 0 Å². The first-order valence-corrected chi connectivity index (χ1v) is 5.82. The molecule has 0 N–H and O–H groups in total. The van der Waals surface area contributed by atoms with Crippen molar-refractivity contribution in [1.82, 2.24) is 4.90 Å². The van der Waals surface area contributed by atoms with Gasteiger partial charge in [0.2, 0.25) is 0 Å². The number of amides is 1. The molecule has 0 atom stereocenters. The highest BCUT2D eigenvalue weighted by molar-refractivity contribution is 5.94. The lowest BCUT2D eigenvalue weighted by Crippen LogP contribution is -2.26. The normalized spacial score (nSPS) is 10.3. The number of carbonyl (C=O) groups excluding carboxylic acids is 1. The molecule has 2 aromatic carbocycles. The van der Waals surface area contributed by atoms with E-state index in [1.165, 1.54) is 35.2 Å². The largest absolute Gasteiger partial charge is 0.337 e. The SMILES string of the molecule is CN(Cc1ccccc1F)C(=O)c1cccc(F)c1. The Labute approximate surface area is 110 Å². The van der Waals surface area contributed by atoms with Gasteiger partial charge >= 0.3 is 0 Å². The van der Waals surface area contributed by atoms with Crippen molar-refractivity contribution in [3.8, 4) is 0 Å². The first-order chi connectivity index (χ1) is 9.08. The molecule has 0 unspecified atom stereocenters. The molecule has 2 aromatic rings. The summed E-state index contributed by atoms with van der Waals surface area (Å²) in [4.78, 5) is 13.4. The molecule has 0 fully saturated rings. The predicted molar refractivity (Wildman–Crippen MR) is 68.6 cm³/mol. The van der Waals surface area contributed by atoms with E-state index in [9.17, 15) is 13.6 Å². The third-order valence-corrected chi connectivity index (χ3v) is 2.78. The fourth-order valence-electron chi connectivity index (χ4n) is 1.80. The molecule has 1 amide bonds. The van der Waals surface area contributed by atoms with Crippen LogP contribution < -0.4 is 0 Å². The summed E-state index contributed by atoms with van der Waals surface area (Å²) in [5.74, 6) is -1.17. The Morgan fingerprint density at radius 2 is 1.84 bits per heavy atom. The van der Waals surface area contributed by atoms with Crippen LogP contribution in [0.25, 0.3) is 0 Å². The highest BCUT2D eigenvalue weighted by Crippen LogP contribution is 2.12. The van der Waals surface area contributed by atoms with E-state index < -0.39 is 5.82 Å². The van der Waals surface area contributed by atoms with Crippen LogP contribution in [-0.4, -0.2) is 17.9 Å². The predicted octanol–water partition coefficient (Wildman–Crippen LogP) is 3.24. The van der Waals surface area contributed by atoms with Gasteiger partial charge in [0.05, 0.1) is 0 Å². The highest BCUT2D eigenvalue weighted by atomic mass is 19.1. The second kappa shape index (κ2) is 5.61. The van der Waals surface area contributed by atoms with Crippen molar-refractivity contribution in [1.29, 1.82) is 0 Å². The first kappa shape index (κ1) is 13.2. The molecule has 0 aliphatic rings. The highest BCUT2D eigenvalue weighted by Gasteiger charge is 2.14. The summed E-state index contributed by atoms with van der Waals surface area (Å²) in [5, 5.41) is 0. The number of halogens is 2. The van der Waals surface area contributed by atoms with E-state index in [0.717, 1.165) is 0 Å². The Hall–Kier alpha value is -2.23. The number of benzene rings is 2. The van der Waals surface area contributed by atoms with Gasteiger partial charge in [-0.05, 0) is 24.3 Å². The average molecular weight is 261 g/mol. The van der Waals surface area contributed by atoms with Gasteiger partial charge in [0.1, 0.15) is 11.6 Å². The van der Waals surface area contributed by atoms with Gasteiger partial charge in [-0.2, -0.15) is 0 Å². The Morgan fingerprint density at radius 3 is 2.53 bits per heavy atom. The smallest absolute Gasteiger partial charge is 0.254 e. The number of hydrogen-bond donors (Lipinski definition) is 0. The minimum atomic E-state index is -0.467. The summed E-state index contributed by atoms with van der Waals surface area (Å²) >= 11 is 0. The summed E-state index contributed by atoms with van der Waals surface area (Å²) in [6.45, 7) is 0.141. The van der Waals surface area contributed by atoms with Gasteiger partial charge in [0, 0.05) is 24.7 Å². The molecule has 0 aromatic heterocycles. The van der Waals surface area contributed by atoms with E-state index >= 15 is 0 Å². The summed E-state index contributed by atoms with van der Waals surface area (Å²) in [7, 11) is 1.56. The maximum Gasteiger partial charge on any atom is 0.254 e. The van der Waals surface area contributed by atoms with Crippen molar-refractivity contribution < 1.29 is 13.6 Å². The van der Waals surface area contributed by atoms with Gasteiger partial charge in [-0.3, -0.25) is 4.79 Å². The number of rotatable bonds is 3. The molecule has 0 heterocycles. The van der Waals surface area contributed by atoms with Gasteiger partial charge in [-0.25, -0.2) is 8.78 Å². The van der Waals surface area contributed by atoms with Crippen molar-refractivity contribution in [3.05, 3.63) is 71.3 Å². The van der Waals surface area contributed by atoms with E-state index in [0.29, 0.717) is 5.56 Å². The van der Waals surface area contributed by atoms with Crippen LogP contribution in [-0.2, 0) is 6.54 Å². The minimum absolute atomic E-state index is 0.141. The molecule has 4 heteroatoms. The topological polar surface area (TPSA) is 20.3 Å². The lowest BCUT2D eigenvalue weighted by atomic mass is 10.1. The fraction of sp³-hybridized carbons (Fsp3) is 0.133. The molecule has 0 radical (unpaired) electrons. The third-order valence-electron chi connectivity index (χ3n) is 2.78. The Morgan fingerprint density at radius 1 is 1.11 bits per heavy atom. The van der Waals surface area contributed by atoms with Gasteiger partial charge < -0.3 is 4.90 Å². The lowest BCUT2D eigenvalue weighted by Gasteiger charge is -2.17. The van der Waals surface area contributed by atoms with Gasteiger partial charge in [-0.1, -0.05) is 24.3 Å². The quantitative estimate of drug-likeness (QED) is 0.830. The van der Waals surface area contributed by atoms with Crippen molar-refractivity contribution in [2.45, 2.75) is 6.54 Å². The van der Waals surface area contributed by atoms with E-state index in [-0.39, 0.29) is 23.8 Å². The fourth-order valence-corrected chi connectivity index (χ4v) is 1.80. The number of hydrogen-bond acceptors (Lipinski definition) is 1. The summed E-state index contributed by atoms with van der Waals surface area (Å²) in [6.07, 6.45) is 0. The molecule has 0 aliphatic carbocycles. The van der Waals surface area contributed by atoms with Crippen molar-refractivity contribution >= 4 is 5.91 Å². The van der Waals surface area contributed by atoms with Gasteiger partial charge in [0.15, 0.2) is 0 Å². The van der Waals surface area contributed by atoms with Crippen molar-refractivity contribution in [2.75, 3.05) is 7.05 Å². The van der Waals surface area contributed by atoms with E-state index in [2.05, 4.69) is 0 Å². The zero-order valence-corrected chi connectivity index (χ0v) is 10.4. The summed E-state index contributed by atoms with van der Waals surface area (Å²) < 4.78 is 26.5.